The van der Waals surface area contributed by atoms with E-state index >= 15 is 0 Å². The van der Waals surface area contributed by atoms with Crippen molar-refractivity contribution in [3.05, 3.63) is 0 Å². The van der Waals surface area contributed by atoms with Crippen LogP contribution in [-0.2, 0) is 9.47 Å². The highest BCUT2D eigenvalue weighted by atomic mass is 16.6. The number of morpholine rings is 1. The average molecular weight is 157 g/mol. The molecule has 2 aliphatic heterocycles. The predicted octanol–water partition coefficient (Wildman–Crippen LogP) is 0.356. The lowest BCUT2D eigenvalue weighted by atomic mass is 10.1. The zero-order chi connectivity index (χ0) is 7.84. The zero-order valence-corrected chi connectivity index (χ0v) is 7.04. The van der Waals surface area contributed by atoms with Crippen LogP contribution in [0.15, 0.2) is 0 Å². The van der Waals surface area contributed by atoms with Crippen molar-refractivity contribution in [3.8, 4) is 0 Å². The summed E-state index contributed by atoms with van der Waals surface area (Å²) < 4.78 is 11.1. The van der Waals surface area contributed by atoms with Crippen LogP contribution in [0.4, 0.5) is 0 Å². The molecule has 11 heavy (non-hydrogen) atoms. The molecule has 0 bridgehead atoms. The van der Waals surface area contributed by atoms with Gasteiger partial charge < -0.3 is 9.47 Å². The van der Waals surface area contributed by atoms with Crippen molar-refractivity contribution in [1.29, 1.82) is 0 Å². The largest absolute Gasteiger partial charge is 0.372 e. The van der Waals surface area contributed by atoms with Crippen LogP contribution in [0.1, 0.15) is 13.8 Å². The van der Waals surface area contributed by atoms with E-state index in [1.807, 2.05) is 0 Å². The third-order valence-corrected chi connectivity index (χ3v) is 2.39. The fourth-order valence-electron chi connectivity index (χ4n) is 1.72. The standard InChI is InChI=1S/C8H15NO2/c1-5-3-11-8-7(5)10-4-6(2)9-8/h5-9H,3-4H2,1-2H3. The van der Waals surface area contributed by atoms with Gasteiger partial charge in [0.05, 0.1) is 13.2 Å². The summed E-state index contributed by atoms with van der Waals surface area (Å²) in [5.41, 5.74) is 0. The van der Waals surface area contributed by atoms with Crippen molar-refractivity contribution in [2.45, 2.75) is 32.2 Å². The number of nitrogens with one attached hydrogen (secondary N) is 1. The lowest BCUT2D eigenvalue weighted by molar-refractivity contribution is -0.0800. The molecule has 3 nitrogen and oxygen atoms in total. The second-order valence-electron chi connectivity index (χ2n) is 3.60. The van der Waals surface area contributed by atoms with Crippen LogP contribution >= 0.6 is 0 Å². The Balaban J connectivity index is 2.00. The number of rotatable bonds is 0. The first-order chi connectivity index (χ1) is 5.27. The third kappa shape index (κ3) is 1.28. The van der Waals surface area contributed by atoms with Gasteiger partial charge in [-0.25, -0.2) is 0 Å². The Morgan fingerprint density at radius 3 is 2.82 bits per heavy atom. The van der Waals surface area contributed by atoms with E-state index in [0.29, 0.717) is 12.0 Å². The lowest BCUT2D eigenvalue weighted by Gasteiger charge is -2.31. The normalized spacial score (nSPS) is 50.7. The summed E-state index contributed by atoms with van der Waals surface area (Å²) in [6.45, 7) is 5.93. The Labute approximate surface area is 67.1 Å². The predicted molar refractivity (Wildman–Crippen MR) is 41.2 cm³/mol. The summed E-state index contributed by atoms with van der Waals surface area (Å²) in [5.74, 6) is 0.542. The Hall–Kier alpha value is -0.120. The Bertz CT molecular complexity index is 151. The number of ether oxygens (including phenoxy) is 2. The van der Waals surface area contributed by atoms with Gasteiger partial charge in [0.15, 0.2) is 0 Å². The molecule has 0 aliphatic carbocycles. The second-order valence-corrected chi connectivity index (χ2v) is 3.60. The van der Waals surface area contributed by atoms with E-state index in [4.69, 9.17) is 9.47 Å². The van der Waals surface area contributed by atoms with Crippen molar-refractivity contribution in [2.75, 3.05) is 13.2 Å². The van der Waals surface area contributed by atoms with Gasteiger partial charge in [-0.3, -0.25) is 5.32 Å². The quantitative estimate of drug-likeness (QED) is 0.550. The highest BCUT2D eigenvalue weighted by molar-refractivity contribution is 4.86. The van der Waals surface area contributed by atoms with Crippen molar-refractivity contribution in [2.24, 2.45) is 5.92 Å². The maximum atomic E-state index is 5.64. The molecule has 2 aliphatic rings. The van der Waals surface area contributed by atoms with Gasteiger partial charge in [-0.05, 0) is 6.92 Å². The van der Waals surface area contributed by atoms with Crippen molar-refractivity contribution in [3.63, 3.8) is 0 Å². The molecule has 0 spiro atoms. The van der Waals surface area contributed by atoms with E-state index in [1.165, 1.54) is 0 Å². The van der Waals surface area contributed by atoms with Crippen molar-refractivity contribution < 1.29 is 9.47 Å². The molecule has 2 saturated heterocycles. The summed E-state index contributed by atoms with van der Waals surface area (Å²) in [4.78, 5) is 0. The Morgan fingerprint density at radius 1 is 1.18 bits per heavy atom. The number of fused-ring (bicyclic) bond motifs is 1. The van der Waals surface area contributed by atoms with Gasteiger partial charge in [0.2, 0.25) is 0 Å². The summed E-state index contributed by atoms with van der Waals surface area (Å²) in [6.07, 6.45) is 0.431. The van der Waals surface area contributed by atoms with E-state index in [-0.39, 0.29) is 12.3 Å². The van der Waals surface area contributed by atoms with Crippen LogP contribution in [0.2, 0.25) is 0 Å². The minimum Gasteiger partial charge on any atom is -0.372 e. The molecule has 0 aromatic carbocycles. The molecule has 3 heteroatoms. The molecule has 2 fully saturated rings. The number of hydrogen-bond acceptors (Lipinski definition) is 3. The smallest absolute Gasteiger partial charge is 0.135 e. The molecule has 0 amide bonds. The number of hydrogen-bond donors (Lipinski definition) is 1. The van der Waals surface area contributed by atoms with Crippen molar-refractivity contribution >= 4 is 0 Å². The van der Waals surface area contributed by atoms with Gasteiger partial charge in [0.1, 0.15) is 12.3 Å². The fourth-order valence-corrected chi connectivity index (χ4v) is 1.72. The molecule has 0 saturated carbocycles. The second kappa shape index (κ2) is 2.73. The topological polar surface area (TPSA) is 30.5 Å². The lowest BCUT2D eigenvalue weighted by Crippen LogP contribution is -2.52. The van der Waals surface area contributed by atoms with Crippen LogP contribution < -0.4 is 5.32 Å². The van der Waals surface area contributed by atoms with Gasteiger partial charge in [-0.2, -0.15) is 0 Å². The molecule has 64 valence electrons. The van der Waals surface area contributed by atoms with Crippen LogP contribution in [0.5, 0.6) is 0 Å². The zero-order valence-electron chi connectivity index (χ0n) is 7.04. The Kier molecular flexibility index (Phi) is 1.87. The van der Waals surface area contributed by atoms with Crippen LogP contribution in [0, 0.1) is 5.92 Å². The molecule has 1 N–H and O–H groups in total. The SMILES string of the molecule is CC1COC2C(C)COC2N1. The van der Waals surface area contributed by atoms with E-state index in [9.17, 15) is 0 Å². The van der Waals surface area contributed by atoms with Gasteiger partial charge in [0.25, 0.3) is 0 Å². The first-order valence-corrected chi connectivity index (χ1v) is 4.26. The Morgan fingerprint density at radius 2 is 2.00 bits per heavy atom. The fraction of sp³-hybridized carbons (Fsp3) is 1.00. The minimum atomic E-state index is 0.147. The third-order valence-electron chi connectivity index (χ3n) is 2.39. The highest BCUT2D eigenvalue weighted by Crippen LogP contribution is 2.24. The molecular formula is C8H15NO2. The van der Waals surface area contributed by atoms with Gasteiger partial charge in [-0.15, -0.1) is 0 Å². The molecule has 4 unspecified atom stereocenters. The molecule has 0 aromatic rings. The molecular weight excluding hydrogens is 142 g/mol. The summed E-state index contributed by atoms with van der Waals surface area (Å²) in [6, 6.07) is 0.432. The van der Waals surface area contributed by atoms with Gasteiger partial charge in [0, 0.05) is 12.0 Å². The molecule has 2 heterocycles. The van der Waals surface area contributed by atoms with Crippen LogP contribution in [0.3, 0.4) is 0 Å². The van der Waals surface area contributed by atoms with Gasteiger partial charge >= 0.3 is 0 Å². The molecule has 0 aromatic heterocycles. The first-order valence-electron chi connectivity index (χ1n) is 4.26. The maximum absolute atomic E-state index is 5.64. The first kappa shape index (κ1) is 7.53. The molecule has 2 rings (SSSR count). The van der Waals surface area contributed by atoms with E-state index in [2.05, 4.69) is 19.2 Å². The van der Waals surface area contributed by atoms with E-state index in [1.54, 1.807) is 0 Å². The monoisotopic (exact) mass is 157 g/mol. The van der Waals surface area contributed by atoms with Crippen LogP contribution in [-0.4, -0.2) is 31.6 Å². The van der Waals surface area contributed by atoms with Crippen molar-refractivity contribution in [1.82, 2.24) is 5.32 Å². The molecule has 0 radical (unpaired) electrons. The van der Waals surface area contributed by atoms with E-state index in [0.717, 1.165) is 13.2 Å². The average Bonchev–Trinajstić information content (AvgIpc) is 2.32. The van der Waals surface area contributed by atoms with E-state index < -0.39 is 0 Å². The summed E-state index contributed by atoms with van der Waals surface area (Å²) >= 11 is 0. The van der Waals surface area contributed by atoms with Crippen LogP contribution in [0.25, 0.3) is 0 Å². The van der Waals surface area contributed by atoms with Gasteiger partial charge in [-0.1, -0.05) is 6.92 Å². The highest BCUT2D eigenvalue weighted by Gasteiger charge is 2.38. The summed E-state index contributed by atoms with van der Waals surface area (Å²) in [5, 5.41) is 3.36. The maximum Gasteiger partial charge on any atom is 0.135 e. The summed E-state index contributed by atoms with van der Waals surface area (Å²) in [7, 11) is 0. The molecule has 4 atom stereocenters. The minimum absolute atomic E-state index is 0.147.